The van der Waals surface area contributed by atoms with Crippen LogP contribution in [0.2, 0.25) is 0 Å². The fraction of sp³-hybridized carbons (Fsp3) is 0.182. The van der Waals surface area contributed by atoms with E-state index in [1.54, 1.807) is 6.26 Å². The van der Waals surface area contributed by atoms with E-state index in [2.05, 4.69) is 4.98 Å². The Morgan fingerprint density at radius 2 is 1.93 bits per heavy atom. The van der Waals surface area contributed by atoms with Crippen molar-refractivity contribution < 1.29 is 4.42 Å². The van der Waals surface area contributed by atoms with Crippen LogP contribution in [-0.4, -0.2) is 11.5 Å². The number of hydrogen-bond donors (Lipinski definition) is 2. The van der Waals surface area contributed by atoms with Crippen molar-refractivity contribution in [2.45, 2.75) is 6.42 Å². The van der Waals surface area contributed by atoms with Gasteiger partial charge in [0.1, 0.15) is 6.26 Å². The number of nitrogen functional groups attached to an aromatic ring is 1. The Labute approximate surface area is 87.9 Å². The van der Waals surface area contributed by atoms with E-state index >= 15 is 0 Å². The van der Waals surface area contributed by atoms with Crippen LogP contribution in [0.4, 0.5) is 5.69 Å². The topological polar surface area (TPSA) is 78.1 Å². The number of anilines is 1. The normalized spacial score (nSPS) is 10.5. The summed E-state index contributed by atoms with van der Waals surface area (Å²) >= 11 is 0. The van der Waals surface area contributed by atoms with E-state index in [1.165, 1.54) is 0 Å². The maximum absolute atomic E-state index is 5.59. The highest BCUT2D eigenvalue weighted by atomic mass is 16.3. The van der Waals surface area contributed by atoms with Crippen LogP contribution >= 0.6 is 0 Å². The molecule has 0 amide bonds. The van der Waals surface area contributed by atoms with Gasteiger partial charge in [0.2, 0.25) is 5.89 Å². The molecule has 1 heterocycles. The summed E-state index contributed by atoms with van der Waals surface area (Å²) in [5.41, 5.74) is 13.6. The molecular formula is C11H13N3O. The second-order valence-electron chi connectivity index (χ2n) is 3.30. The van der Waals surface area contributed by atoms with Crippen LogP contribution in [0.5, 0.6) is 0 Å². The van der Waals surface area contributed by atoms with Gasteiger partial charge in [0.25, 0.3) is 0 Å². The summed E-state index contributed by atoms with van der Waals surface area (Å²) in [4.78, 5) is 4.31. The molecular weight excluding hydrogens is 190 g/mol. The zero-order chi connectivity index (χ0) is 10.7. The molecule has 0 saturated carbocycles. The van der Waals surface area contributed by atoms with Gasteiger partial charge in [-0.1, -0.05) is 0 Å². The molecule has 0 radical (unpaired) electrons. The van der Waals surface area contributed by atoms with Crippen molar-refractivity contribution >= 4 is 5.69 Å². The third-order valence-corrected chi connectivity index (χ3v) is 2.11. The van der Waals surface area contributed by atoms with Crippen molar-refractivity contribution in [3.8, 4) is 11.5 Å². The molecule has 1 aromatic carbocycles. The summed E-state index contributed by atoms with van der Waals surface area (Å²) in [6, 6.07) is 7.41. The number of rotatable bonds is 3. The van der Waals surface area contributed by atoms with E-state index < -0.39 is 0 Å². The lowest BCUT2D eigenvalue weighted by atomic mass is 10.2. The molecule has 0 aliphatic carbocycles. The Kier molecular flexibility index (Phi) is 2.69. The highest BCUT2D eigenvalue weighted by molar-refractivity contribution is 5.57. The van der Waals surface area contributed by atoms with Crippen LogP contribution in [0.15, 0.2) is 34.9 Å². The number of oxazole rings is 1. The Morgan fingerprint density at radius 3 is 2.60 bits per heavy atom. The first-order valence-corrected chi connectivity index (χ1v) is 4.80. The highest BCUT2D eigenvalue weighted by Crippen LogP contribution is 2.19. The molecule has 4 heteroatoms. The predicted molar refractivity (Wildman–Crippen MR) is 59.1 cm³/mol. The quantitative estimate of drug-likeness (QED) is 0.739. The lowest BCUT2D eigenvalue weighted by Crippen LogP contribution is -2.02. The maximum atomic E-state index is 5.59. The molecule has 0 atom stereocenters. The van der Waals surface area contributed by atoms with E-state index in [1.807, 2.05) is 24.3 Å². The average Bonchev–Trinajstić information content (AvgIpc) is 2.68. The highest BCUT2D eigenvalue weighted by Gasteiger charge is 2.05. The second kappa shape index (κ2) is 4.14. The molecule has 2 rings (SSSR count). The SMILES string of the molecule is NCCc1coc(-c2ccc(N)cc2)n1. The van der Waals surface area contributed by atoms with Crippen molar-refractivity contribution in [2.75, 3.05) is 12.3 Å². The number of nitrogens with zero attached hydrogens (tertiary/aromatic N) is 1. The first kappa shape index (κ1) is 9.73. The van der Waals surface area contributed by atoms with Crippen LogP contribution in [0, 0.1) is 0 Å². The fourth-order valence-corrected chi connectivity index (χ4v) is 1.33. The van der Waals surface area contributed by atoms with Crippen molar-refractivity contribution in [1.82, 2.24) is 4.98 Å². The zero-order valence-electron chi connectivity index (χ0n) is 8.31. The third-order valence-electron chi connectivity index (χ3n) is 2.11. The van der Waals surface area contributed by atoms with E-state index in [0.717, 1.165) is 23.4 Å². The predicted octanol–water partition coefficient (Wildman–Crippen LogP) is 1.42. The molecule has 4 nitrogen and oxygen atoms in total. The Bertz CT molecular complexity index is 433. The lowest BCUT2D eigenvalue weighted by molar-refractivity contribution is 0.572. The van der Waals surface area contributed by atoms with Gasteiger partial charge < -0.3 is 15.9 Å². The van der Waals surface area contributed by atoms with Crippen LogP contribution in [0.3, 0.4) is 0 Å². The summed E-state index contributed by atoms with van der Waals surface area (Å²) in [7, 11) is 0. The summed E-state index contributed by atoms with van der Waals surface area (Å²) in [5.74, 6) is 0.610. The standard InChI is InChI=1S/C11H13N3O/c12-6-5-10-7-15-11(14-10)8-1-3-9(13)4-2-8/h1-4,7H,5-6,12-13H2. The molecule has 0 fully saturated rings. The number of nitrogens with two attached hydrogens (primary N) is 2. The number of hydrogen-bond acceptors (Lipinski definition) is 4. The largest absolute Gasteiger partial charge is 0.444 e. The fourth-order valence-electron chi connectivity index (χ4n) is 1.33. The first-order chi connectivity index (χ1) is 7.29. The van der Waals surface area contributed by atoms with Crippen molar-refractivity contribution in [1.29, 1.82) is 0 Å². The maximum Gasteiger partial charge on any atom is 0.226 e. The van der Waals surface area contributed by atoms with Crippen LogP contribution in [0.25, 0.3) is 11.5 Å². The molecule has 4 N–H and O–H groups in total. The van der Waals surface area contributed by atoms with Crippen molar-refractivity contribution in [2.24, 2.45) is 5.73 Å². The smallest absolute Gasteiger partial charge is 0.226 e. The minimum absolute atomic E-state index is 0.577. The van der Waals surface area contributed by atoms with E-state index in [0.29, 0.717) is 12.4 Å². The molecule has 2 aromatic rings. The first-order valence-electron chi connectivity index (χ1n) is 4.80. The number of aromatic nitrogens is 1. The van der Waals surface area contributed by atoms with Crippen LogP contribution < -0.4 is 11.5 Å². The molecule has 0 aliphatic rings. The molecule has 0 unspecified atom stereocenters. The van der Waals surface area contributed by atoms with Gasteiger partial charge >= 0.3 is 0 Å². The third kappa shape index (κ3) is 2.16. The minimum atomic E-state index is 0.577. The van der Waals surface area contributed by atoms with Crippen molar-refractivity contribution in [3.63, 3.8) is 0 Å². The zero-order valence-corrected chi connectivity index (χ0v) is 8.31. The van der Waals surface area contributed by atoms with Gasteiger partial charge in [0, 0.05) is 17.7 Å². The summed E-state index contributed by atoms with van der Waals surface area (Å²) in [5, 5.41) is 0. The van der Waals surface area contributed by atoms with Gasteiger partial charge in [0.05, 0.1) is 5.69 Å². The second-order valence-corrected chi connectivity index (χ2v) is 3.30. The number of benzene rings is 1. The lowest BCUT2D eigenvalue weighted by Gasteiger charge is -1.95. The van der Waals surface area contributed by atoms with E-state index in [-0.39, 0.29) is 0 Å². The Balaban J connectivity index is 2.25. The molecule has 15 heavy (non-hydrogen) atoms. The molecule has 1 aromatic heterocycles. The summed E-state index contributed by atoms with van der Waals surface area (Å²) in [6.45, 7) is 0.577. The molecule has 0 saturated heterocycles. The van der Waals surface area contributed by atoms with Crippen molar-refractivity contribution in [3.05, 3.63) is 36.2 Å². The van der Waals surface area contributed by atoms with E-state index in [4.69, 9.17) is 15.9 Å². The van der Waals surface area contributed by atoms with Crippen LogP contribution in [-0.2, 0) is 6.42 Å². The van der Waals surface area contributed by atoms with E-state index in [9.17, 15) is 0 Å². The average molecular weight is 203 g/mol. The summed E-state index contributed by atoms with van der Waals surface area (Å²) in [6.07, 6.45) is 2.37. The Hall–Kier alpha value is -1.81. The molecule has 0 spiro atoms. The van der Waals surface area contributed by atoms with Gasteiger partial charge in [-0.25, -0.2) is 4.98 Å². The van der Waals surface area contributed by atoms with Gasteiger partial charge in [0.15, 0.2) is 0 Å². The Morgan fingerprint density at radius 1 is 1.20 bits per heavy atom. The van der Waals surface area contributed by atoms with Gasteiger partial charge in [-0.2, -0.15) is 0 Å². The molecule has 78 valence electrons. The summed E-state index contributed by atoms with van der Waals surface area (Å²) < 4.78 is 5.34. The monoisotopic (exact) mass is 203 g/mol. The van der Waals surface area contributed by atoms with Gasteiger partial charge in [-0.15, -0.1) is 0 Å². The van der Waals surface area contributed by atoms with Gasteiger partial charge in [-0.05, 0) is 30.8 Å². The molecule has 0 aliphatic heterocycles. The van der Waals surface area contributed by atoms with Crippen LogP contribution in [0.1, 0.15) is 5.69 Å². The molecule has 0 bridgehead atoms. The van der Waals surface area contributed by atoms with Gasteiger partial charge in [-0.3, -0.25) is 0 Å². The minimum Gasteiger partial charge on any atom is -0.444 e.